The molecule has 0 aromatic carbocycles. The molecule has 1 aromatic heterocycles. The van der Waals surface area contributed by atoms with Gasteiger partial charge in [0.2, 0.25) is 0 Å². The van der Waals surface area contributed by atoms with E-state index in [1.165, 1.54) is 0 Å². The maximum atomic E-state index is 12.8. The molecular weight excluding hydrogens is 259 g/mol. The zero-order chi connectivity index (χ0) is 14.0. The molecule has 3 nitrogen and oxygen atoms in total. The summed E-state index contributed by atoms with van der Waals surface area (Å²) >= 11 is 0. The lowest BCUT2D eigenvalue weighted by atomic mass is 10.0. The number of aromatic nitrogens is 1. The first kappa shape index (κ1) is 14.1. The molecule has 1 unspecified atom stereocenters. The van der Waals surface area contributed by atoms with Crippen LogP contribution < -0.4 is 5.56 Å². The maximum Gasteiger partial charge on any atom is 0.431 e. The van der Waals surface area contributed by atoms with Gasteiger partial charge in [-0.1, -0.05) is 18.9 Å². The topological polar surface area (TPSA) is 42.2 Å². The van der Waals surface area contributed by atoms with Gasteiger partial charge < -0.3 is 9.67 Å². The third-order valence-electron chi connectivity index (χ3n) is 3.65. The van der Waals surface area contributed by atoms with Crippen molar-refractivity contribution in [3.05, 3.63) is 34.2 Å². The number of rotatable bonds is 3. The first-order valence-corrected chi connectivity index (χ1v) is 6.34. The summed E-state index contributed by atoms with van der Waals surface area (Å²) in [7, 11) is 0. The maximum absolute atomic E-state index is 12.8. The number of hydrogen-bond acceptors (Lipinski definition) is 2. The molecule has 0 saturated heterocycles. The fourth-order valence-electron chi connectivity index (χ4n) is 2.63. The van der Waals surface area contributed by atoms with Crippen molar-refractivity contribution in [1.82, 2.24) is 4.57 Å². The number of hydrogen-bond donors (Lipinski definition) is 1. The van der Waals surface area contributed by atoms with E-state index in [9.17, 15) is 23.1 Å². The van der Waals surface area contributed by atoms with Gasteiger partial charge >= 0.3 is 6.18 Å². The summed E-state index contributed by atoms with van der Waals surface area (Å²) in [5.74, 6) is -0.00631. The minimum Gasteiger partial charge on any atom is -0.391 e. The second-order valence-corrected chi connectivity index (χ2v) is 4.97. The van der Waals surface area contributed by atoms with Gasteiger partial charge in [-0.3, -0.25) is 4.79 Å². The molecule has 1 fully saturated rings. The van der Waals surface area contributed by atoms with Crippen LogP contribution in [-0.4, -0.2) is 15.8 Å². The SMILES string of the molecule is O=c1cccc(C(F)(F)F)n1CC(O)C1CCCC1. The molecule has 2 rings (SSSR count). The Balaban J connectivity index is 2.26. The normalized spacial score (nSPS) is 18.7. The van der Waals surface area contributed by atoms with E-state index < -0.39 is 23.5 Å². The third kappa shape index (κ3) is 3.18. The van der Waals surface area contributed by atoms with Gasteiger partial charge in [0.05, 0.1) is 12.6 Å². The van der Waals surface area contributed by atoms with Crippen molar-refractivity contribution in [1.29, 1.82) is 0 Å². The Morgan fingerprint density at radius 2 is 1.95 bits per heavy atom. The van der Waals surface area contributed by atoms with E-state index in [1.54, 1.807) is 0 Å². The zero-order valence-electron chi connectivity index (χ0n) is 10.4. The van der Waals surface area contributed by atoms with Crippen molar-refractivity contribution in [2.24, 2.45) is 5.92 Å². The van der Waals surface area contributed by atoms with Gasteiger partial charge in [-0.05, 0) is 24.8 Å². The van der Waals surface area contributed by atoms with E-state index in [2.05, 4.69) is 0 Å². The molecule has 19 heavy (non-hydrogen) atoms. The highest BCUT2D eigenvalue weighted by Gasteiger charge is 2.35. The second kappa shape index (κ2) is 5.36. The predicted octanol–water partition coefficient (Wildman–Crippen LogP) is 2.42. The first-order valence-electron chi connectivity index (χ1n) is 6.34. The number of aliphatic hydroxyl groups excluding tert-OH is 1. The predicted molar refractivity (Wildman–Crippen MR) is 63.7 cm³/mol. The van der Waals surface area contributed by atoms with Gasteiger partial charge in [0, 0.05) is 6.07 Å². The van der Waals surface area contributed by atoms with Crippen molar-refractivity contribution in [3.8, 4) is 0 Å². The van der Waals surface area contributed by atoms with Crippen LogP contribution in [0.4, 0.5) is 13.2 Å². The molecule has 6 heteroatoms. The van der Waals surface area contributed by atoms with Crippen LogP contribution in [0, 0.1) is 5.92 Å². The van der Waals surface area contributed by atoms with Crippen LogP contribution in [-0.2, 0) is 12.7 Å². The van der Waals surface area contributed by atoms with Crippen LogP contribution in [0.3, 0.4) is 0 Å². The van der Waals surface area contributed by atoms with Gasteiger partial charge in [-0.15, -0.1) is 0 Å². The Kier molecular flexibility index (Phi) is 3.99. The molecular formula is C13H16F3NO2. The van der Waals surface area contributed by atoms with Crippen LogP contribution in [0.5, 0.6) is 0 Å². The summed E-state index contributed by atoms with van der Waals surface area (Å²) in [6.07, 6.45) is -1.90. The molecule has 1 atom stereocenters. The highest BCUT2D eigenvalue weighted by Crippen LogP contribution is 2.31. The summed E-state index contributed by atoms with van der Waals surface area (Å²) in [5.41, 5.74) is -1.73. The Morgan fingerprint density at radius 1 is 1.32 bits per heavy atom. The Bertz CT molecular complexity index is 489. The summed E-state index contributed by atoms with van der Waals surface area (Å²) in [6.45, 7) is -0.292. The van der Waals surface area contributed by atoms with E-state index in [0.29, 0.717) is 4.57 Å². The summed E-state index contributed by atoms with van der Waals surface area (Å²) in [5, 5.41) is 9.99. The van der Waals surface area contributed by atoms with E-state index in [-0.39, 0.29) is 12.5 Å². The molecule has 1 saturated carbocycles. The minimum atomic E-state index is -4.59. The minimum absolute atomic E-state index is 0.00631. The molecule has 1 aromatic rings. The van der Waals surface area contributed by atoms with Gasteiger partial charge in [0.15, 0.2) is 0 Å². The molecule has 1 heterocycles. The van der Waals surface area contributed by atoms with Gasteiger partial charge in [-0.2, -0.15) is 13.2 Å². The Morgan fingerprint density at radius 3 is 2.53 bits per heavy atom. The first-order chi connectivity index (χ1) is 8.89. The van der Waals surface area contributed by atoms with E-state index in [0.717, 1.165) is 43.9 Å². The summed E-state index contributed by atoms with van der Waals surface area (Å²) in [6, 6.07) is 3.03. The van der Waals surface area contributed by atoms with Crippen molar-refractivity contribution in [3.63, 3.8) is 0 Å². The number of pyridine rings is 1. The van der Waals surface area contributed by atoms with Crippen LogP contribution in [0.25, 0.3) is 0 Å². The smallest absolute Gasteiger partial charge is 0.391 e. The van der Waals surface area contributed by atoms with Crippen molar-refractivity contribution < 1.29 is 18.3 Å². The summed E-state index contributed by atoms with van der Waals surface area (Å²) in [4.78, 5) is 11.6. The molecule has 1 aliphatic rings. The van der Waals surface area contributed by atoms with Crippen LogP contribution in [0.1, 0.15) is 31.4 Å². The molecule has 106 valence electrons. The third-order valence-corrected chi connectivity index (χ3v) is 3.65. The molecule has 1 aliphatic carbocycles. The highest BCUT2D eigenvalue weighted by atomic mass is 19.4. The standard InChI is InChI=1S/C13H16F3NO2/c14-13(15,16)11-6-3-7-12(19)17(11)8-10(18)9-4-1-2-5-9/h3,6-7,9-10,18H,1-2,4-5,8H2. The van der Waals surface area contributed by atoms with Crippen LogP contribution >= 0.6 is 0 Å². The molecule has 0 aliphatic heterocycles. The van der Waals surface area contributed by atoms with Gasteiger partial charge in [0.1, 0.15) is 5.69 Å². The lowest BCUT2D eigenvalue weighted by Gasteiger charge is -2.21. The lowest BCUT2D eigenvalue weighted by molar-refractivity contribution is -0.145. The van der Waals surface area contributed by atoms with E-state index in [1.807, 2.05) is 0 Å². The monoisotopic (exact) mass is 275 g/mol. The second-order valence-electron chi connectivity index (χ2n) is 4.97. The van der Waals surface area contributed by atoms with Crippen molar-refractivity contribution >= 4 is 0 Å². The molecule has 0 spiro atoms. The Hall–Kier alpha value is -1.30. The van der Waals surface area contributed by atoms with Crippen LogP contribution in [0.15, 0.2) is 23.0 Å². The number of halogens is 3. The molecule has 1 N–H and O–H groups in total. The lowest BCUT2D eigenvalue weighted by Crippen LogP contribution is -2.34. The van der Waals surface area contributed by atoms with Crippen LogP contribution in [0.2, 0.25) is 0 Å². The van der Waals surface area contributed by atoms with E-state index in [4.69, 9.17) is 0 Å². The molecule has 0 amide bonds. The average Bonchev–Trinajstić information content (AvgIpc) is 2.83. The van der Waals surface area contributed by atoms with Gasteiger partial charge in [-0.25, -0.2) is 0 Å². The zero-order valence-corrected chi connectivity index (χ0v) is 10.4. The van der Waals surface area contributed by atoms with Gasteiger partial charge in [0.25, 0.3) is 5.56 Å². The van der Waals surface area contributed by atoms with E-state index >= 15 is 0 Å². The fraction of sp³-hybridized carbons (Fsp3) is 0.615. The average molecular weight is 275 g/mol. The summed E-state index contributed by atoms with van der Waals surface area (Å²) < 4.78 is 39.1. The van der Waals surface area contributed by atoms with Crippen molar-refractivity contribution in [2.45, 2.75) is 44.5 Å². The number of alkyl halides is 3. The highest BCUT2D eigenvalue weighted by molar-refractivity contribution is 5.10. The Labute approximate surface area is 108 Å². The fourth-order valence-corrected chi connectivity index (χ4v) is 2.63. The molecule has 0 bridgehead atoms. The molecule has 0 radical (unpaired) electrons. The van der Waals surface area contributed by atoms with Crippen molar-refractivity contribution in [2.75, 3.05) is 0 Å². The number of aliphatic hydroxyl groups is 1. The quantitative estimate of drug-likeness (QED) is 0.920. The largest absolute Gasteiger partial charge is 0.431 e. The number of nitrogens with zero attached hydrogens (tertiary/aromatic N) is 1.